The fourth-order valence-electron chi connectivity index (χ4n) is 4.08. The summed E-state index contributed by atoms with van der Waals surface area (Å²) in [5, 5.41) is 19.0. The van der Waals surface area contributed by atoms with Gasteiger partial charge in [0.2, 0.25) is 5.13 Å². The van der Waals surface area contributed by atoms with Gasteiger partial charge in [0.25, 0.3) is 0 Å². The number of carbonyl (C=O) groups is 1. The lowest BCUT2D eigenvalue weighted by Gasteiger charge is -2.23. The van der Waals surface area contributed by atoms with Crippen LogP contribution in [0, 0.1) is 0 Å². The van der Waals surface area contributed by atoms with Gasteiger partial charge in [-0.05, 0) is 54.1 Å². The number of alkyl halides is 2. The number of anilines is 2. The Bertz CT molecular complexity index is 1840. The number of para-hydroxylation sites is 1. The first-order chi connectivity index (χ1) is 20.4. The molecule has 43 heavy (non-hydrogen) atoms. The molecule has 5 aromatic rings. The fourth-order valence-corrected chi connectivity index (χ4v) is 6.28. The molecule has 0 bridgehead atoms. The lowest BCUT2D eigenvalue weighted by molar-refractivity contribution is 0.0557. The highest BCUT2D eigenvalue weighted by atomic mass is 79.9. The van der Waals surface area contributed by atoms with Crippen LogP contribution >= 0.6 is 34.9 Å². The summed E-state index contributed by atoms with van der Waals surface area (Å²) in [5.74, 6) is -0.235. The van der Waals surface area contributed by atoms with Crippen LogP contribution < -0.4 is 9.64 Å². The zero-order valence-corrected chi connectivity index (χ0v) is 25.1. The molecule has 0 spiro atoms. The predicted octanol–water partition coefficient (Wildman–Crippen LogP) is 8.02. The fraction of sp³-hybridized carbons (Fsp3) is 0.0690. The van der Waals surface area contributed by atoms with Crippen molar-refractivity contribution >= 4 is 51.7 Å². The number of carboxylic acid groups (broad SMARTS) is 1. The predicted molar refractivity (Wildman–Crippen MR) is 161 cm³/mol. The molecule has 5 rings (SSSR count). The molecule has 0 atom stereocenters. The van der Waals surface area contributed by atoms with Gasteiger partial charge < -0.3 is 24.5 Å². The third-order valence-corrected chi connectivity index (χ3v) is 8.80. The van der Waals surface area contributed by atoms with Crippen LogP contribution in [0.3, 0.4) is 0 Å². The summed E-state index contributed by atoms with van der Waals surface area (Å²) in [7, 11) is -5.74. The molecule has 1 heterocycles. The first-order valence-corrected chi connectivity index (χ1v) is 15.6. The third kappa shape index (κ3) is 6.82. The summed E-state index contributed by atoms with van der Waals surface area (Å²) < 4.78 is 45.8. The smallest absolute Gasteiger partial charge is 0.399 e. The van der Waals surface area contributed by atoms with Crippen LogP contribution in [-0.4, -0.2) is 31.1 Å². The SMILES string of the molecule is O=C(O)c1cccc(Oc2cccc(-c3nnc(N(Cc4ccc(C(F)(F)P(=O)(O)O)c(Br)c4)c4ccccc4)s3)c2)c1. The van der Waals surface area contributed by atoms with Crippen molar-refractivity contribution in [3.63, 3.8) is 0 Å². The molecule has 14 heteroatoms. The molecule has 0 saturated carbocycles. The maximum atomic E-state index is 14.4. The van der Waals surface area contributed by atoms with Gasteiger partial charge in [-0.2, -0.15) is 8.78 Å². The number of hydrogen-bond donors (Lipinski definition) is 3. The normalized spacial score (nSPS) is 11.7. The molecule has 0 radical (unpaired) electrons. The van der Waals surface area contributed by atoms with Crippen LogP contribution in [0.5, 0.6) is 11.5 Å². The van der Waals surface area contributed by atoms with Gasteiger partial charge in [0.15, 0.2) is 0 Å². The molecule has 0 aliphatic rings. The third-order valence-electron chi connectivity index (χ3n) is 6.17. The first-order valence-electron chi connectivity index (χ1n) is 12.4. The minimum Gasteiger partial charge on any atom is -0.478 e. The van der Waals surface area contributed by atoms with Gasteiger partial charge in [0.05, 0.1) is 12.1 Å². The van der Waals surface area contributed by atoms with E-state index in [1.54, 1.807) is 30.3 Å². The molecule has 3 N–H and O–H groups in total. The number of aromatic carboxylic acids is 1. The number of halogens is 3. The lowest BCUT2D eigenvalue weighted by Crippen LogP contribution is -2.18. The summed E-state index contributed by atoms with van der Waals surface area (Å²) in [6, 6.07) is 26.2. The summed E-state index contributed by atoms with van der Waals surface area (Å²) in [4.78, 5) is 31.4. The Morgan fingerprint density at radius 3 is 2.30 bits per heavy atom. The number of benzene rings is 4. The molecule has 1 aromatic heterocycles. The Balaban J connectivity index is 1.43. The van der Waals surface area contributed by atoms with E-state index >= 15 is 0 Å². The average Bonchev–Trinajstić information content (AvgIpc) is 3.46. The molecule has 0 unspecified atom stereocenters. The quantitative estimate of drug-likeness (QED) is 0.125. The van der Waals surface area contributed by atoms with Gasteiger partial charge >= 0.3 is 19.2 Å². The molecule has 0 aliphatic heterocycles. The minimum atomic E-state index is -5.74. The molecule has 0 aliphatic carbocycles. The van der Waals surface area contributed by atoms with E-state index in [2.05, 4.69) is 26.1 Å². The summed E-state index contributed by atoms with van der Waals surface area (Å²) >= 11 is 4.33. The van der Waals surface area contributed by atoms with E-state index in [9.17, 15) is 23.2 Å². The summed E-state index contributed by atoms with van der Waals surface area (Å²) in [6.45, 7) is 0.183. The minimum absolute atomic E-state index is 0.0978. The standard InChI is InChI=1S/C29H21BrF2N3O6PS/c30-25-14-18(12-13-24(25)29(31,32)42(38,39)40)17-35(21-8-2-1-3-9-21)28-34-33-26(43-28)19-6-4-10-22(15-19)41-23-11-5-7-20(16-23)27(36)37/h1-16H,17H2,(H,36,37)(H2,38,39,40). The van der Waals surface area contributed by atoms with E-state index in [4.69, 9.17) is 14.5 Å². The monoisotopic (exact) mass is 687 g/mol. The van der Waals surface area contributed by atoms with Gasteiger partial charge in [-0.1, -0.05) is 75.8 Å². The van der Waals surface area contributed by atoms with Gasteiger partial charge in [0, 0.05) is 21.3 Å². The van der Waals surface area contributed by atoms with E-state index in [1.807, 2.05) is 41.3 Å². The van der Waals surface area contributed by atoms with Crippen molar-refractivity contribution in [3.8, 4) is 22.1 Å². The first kappa shape index (κ1) is 30.5. The Morgan fingerprint density at radius 2 is 1.63 bits per heavy atom. The molecule has 220 valence electrons. The second-order valence-electron chi connectivity index (χ2n) is 9.17. The van der Waals surface area contributed by atoms with Crippen LogP contribution in [0.1, 0.15) is 21.5 Å². The second-order valence-corrected chi connectivity index (χ2v) is 12.6. The van der Waals surface area contributed by atoms with Crippen molar-refractivity contribution in [1.29, 1.82) is 0 Å². The number of hydrogen-bond acceptors (Lipinski definition) is 7. The Kier molecular flexibility index (Phi) is 8.72. The number of rotatable bonds is 10. The van der Waals surface area contributed by atoms with Gasteiger partial charge in [0.1, 0.15) is 16.5 Å². The van der Waals surface area contributed by atoms with E-state index in [0.29, 0.717) is 32.8 Å². The number of nitrogens with zero attached hydrogens (tertiary/aromatic N) is 3. The molecule has 4 aromatic carbocycles. The highest BCUT2D eigenvalue weighted by Crippen LogP contribution is 2.60. The van der Waals surface area contributed by atoms with Crippen molar-refractivity contribution in [2.45, 2.75) is 12.2 Å². The number of ether oxygens (including phenoxy) is 1. The maximum Gasteiger partial charge on any atom is 0.399 e. The molecular weight excluding hydrogens is 667 g/mol. The zero-order valence-electron chi connectivity index (χ0n) is 21.8. The number of carboxylic acids is 1. The zero-order chi connectivity index (χ0) is 30.8. The molecule has 0 fully saturated rings. The van der Waals surface area contributed by atoms with Crippen LogP contribution in [0.25, 0.3) is 10.6 Å². The Morgan fingerprint density at radius 1 is 0.930 bits per heavy atom. The van der Waals surface area contributed by atoms with Crippen molar-refractivity contribution in [2.24, 2.45) is 0 Å². The molecular formula is C29H21BrF2N3O6PS. The van der Waals surface area contributed by atoms with Crippen LogP contribution in [0.15, 0.2) is 102 Å². The highest BCUT2D eigenvalue weighted by molar-refractivity contribution is 9.10. The maximum absolute atomic E-state index is 14.4. The van der Waals surface area contributed by atoms with Crippen LogP contribution in [-0.2, 0) is 16.8 Å². The Labute approximate surface area is 256 Å². The topological polar surface area (TPSA) is 133 Å². The second kappa shape index (κ2) is 12.3. The van der Waals surface area contributed by atoms with E-state index in [0.717, 1.165) is 11.8 Å². The van der Waals surface area contributed by atoms with Crippen LogP contribution in [0.2, 0.25) is 0 Å². The Hall–Kier alpha value is -4.00. The van der Waals surface area contributed by atoms with Crippen molar-refractivity contribution in [3.05, 3.63) is 118 Å². The van der Waals surface area contributed by atoms with Gasteiger partial charge in [-0.15, -0.1) is 10.2 Å². The molecule has 0 amide bonds. The van der Waals surface area contributed by atoms with Crippen LogP contribution in [0.4, 0.5) is 19.6 Å². The molecule has 9 nitrogen and oxygen atoms in total. The van der Waals surface area contributed by atoms with E-state index in [-0.39, 0.29) is 16.6 Å². The van der Waals surface area contributed by atoms with Crippen molar-refractivity contribution in [2.75, 3.05) is 4.90 Å². The van der Waals surface area contributed by atoms with Gasteiger partial charge in [-0.3, -0.25) is 4.57 Å². The summed E-state index contributed by atoms with van der Waals surface area (Å²) in [6.07, 6.45) is 0. The lowest BCUT2D eigenvalue weighted by atomic mass is 10.1. The van der Waals surface area contributed by atoms with Crippen molar-refractivity contribution in [1.82, 2.24) is 10.2 Å². The number of aromatic nitrogens is 2. The van der Waals surface area contributed by atoms with E-state index in [1.165, 1.54) is 35.6 Å². The van der Waals surface area contributed by atoms with Crippen molar-refractivity contribution < 1.29 is 37.8 Å². The highest BCUT2D eigenvalue weighted by Gasteiger charge is 2.51. The molecule has 0 saturated heterocycles. The van der Waals surface area contributed by atoms with E-state index < -0.39 is 24.8 Å². The summed E-state index contributed by atoms with van der Waals surface area (Å²) in [5.41, 5.74) is -3.05. The van der Waals surface area contributed by atoms with Gasteiger partial charge in [-0.25, -0.2) is 4.79 Å². The largest absolute Gasteiger partial charge is 0.478 e. The average molecular weight is 688 g/mol.